The summed E-state index contributed by atoms with van der Waals surface area (Å²) < 4.78 is 0. The molecule has 0 N–H and O–H groups in total. The number of rotatable bonds is 0. The Balaban J connectivity index is -0.000000000127. The van der Waals surface area contributed by atoms with Gasteiger partial charge in [0.15, 0.2) is 0 Å². The van der Waals surface area contributed by atoms with Crippen LogP contribution in [0.3, 0.4) is 0 Å². The Morgan fingerprint density at radius 3 is 0.0816 bits per heavy atom. The van der Waals surface area contributed by atoms with Gasteiger partial charge in [-0.2, -0.15) is 0 Å². The topological polar surface area (TPSA) is 0 Å². The van der Waals surface area contributed by atoms with Crippen molar-refractivity contribution in [1.82, 2.24) is 0 Å². The van der Waals surface area contributed by atoms with E-state index in [1.165, 1.54) is 0 Å². The van der Waals surface area contributed by atoms with E-state index in [0.29, 0.717) is 0 Å². The summed E-state index contributed by atoms with van der Waals surface area (Å²) in [5, 5.41) is 0. The normalized spacial score (nSPS) is 0.204. The Labute approximate surface area is 190 Å². The Morgan fingerprint density at radius 2 is 0.0816 bits per heavy atom. The van der Waals surface area contributed by atoms with Crippen molar-refractivity contribution in [3.8, 4) is 64.2 Å². The zero-order valence-electron chi connectivity index (χ0n) is 11.7. The van der Waals surface area contributed by atoms with Crippen molar-refractivity contribution in [2.45, 2.75) is 126 Å². The monoisotopic (exact) mass is 6100 g/mol. The van der Waals surface area contributed by atoms with E-state index >= 15 is 0 Å². The molecular weight excluding hydrogens is 6020 g/mol. The molecule has 0 amide bonds. The van der Waals surface area contributed by atoms with E-state index in [-0.39, 0.29) is 126 Å². The van der Waals surface area contributed by atoms with E-state index in [0.717, 1.165) is 0 Å². The Hall–Kier alpha value is -24.2. The fourth-order valence-corrected chi connectivity index (χ4v) is 0. The Morgan fingerprint density at radius 1 is 0.0816 bits per heavy atom. The van der Waals surface area contributed by atoms with E-state index in [4.69, 9.17) is 0 Å². The molecule has 0 spiro atoms. The largest absolute Gasteiger partial charge is 0.124 e. The molecule has 0 bridgehead atoms. The minimum atomic E-state index is 0. The third kappa shape index (κ3) is 19.3. The molecule has 0 nitrogen and oxygen atoms in total. The van der Waals surface area contributed by atoms with Crippen LogP contribution in [0, 0.1) is 64.2 Å². The summed E-state index contributed by atoms with van der Waals surface area (Å²) in [6.07, 6.45) is 40.0. The molecular formula is C27H78No22. The summed E-state index contributed by atoms with van der Waals surface area (Å²) >= 11 is 0. The first-order valence-electron chi connectivity index (χ1n) is 1.67. The molecule has 22 heteroatoms. The number of hydrogen-bond acceptors (Lipinski definition) is 0. The molecule has 0 radical (unpaired) electrons. The van der Waals surface area contributed by atoms with Gasteiger partial charge in [0.2, 0.25) is 0 Å². The summed E-state index contributed by atoms with van der Waals surface area (Å²) in [4.78, 5) is 0. The Kier molecular flexibility index (Phi) is 16.4. The van der Waals surface area contributed by atoms with Crippen molar-refractivity contribution in [3.05, 3.63) is 0 Å². The average Bonchev–Trinajstić information content (AvgIpc) is 2.20. The van der Waals surface area contributed by atoms with Gasteiger partial charge >= 0.3 is 0 Å². The molecule has 0 saturated carbocycles. The maximum Gasteiger partial charge on any atom is 0 e. The van der Waals surface area contributed by atoms with Crippen molar-refractivity contribution in [2.24, 2.45) is 0 Å². The van der Waals surface area contributed by atoms with Gasteiger partial charge in [0.05, 0.1) is 0 Å². The van der Waals surface area contributed by atoms with E-state index < -0.39 is 0 Å². The average molecular weight is 6100 g/mol. The van der Waals surface area contributed by atoms with Crippen molar-refractivity contribution in [1.29, 1.82) is 0 Å². The van der Waals surface area contributed by atoms with Gasteiger partial charge in [-0.15, -0.1) is 64.2 Å². The first kappa shape index (κ1) is 38.1. The third-order valence-corrected chi connectivity index (χ3v) is 0. The van der Waals surface area contributed by atoms with E-state index in [9.17, 15) is 0 Å². The van der Waals surface area contributed by atoms with E-state index in [2.05, 4.69) is 64.2 Å². The van der Waals surface area contributed by atoms with Crippen molar-refractivity contribution in [2.75, 3.05) is 0 Å². The molecule has 0 unspecified atom stereocenters. The van der Waals surface area contributed by atoms with Gasteiger partial charge in [-0.3, -0.25) is 0 Å². The molecule has 0 saturated heterocycles. The number of hydrogen-bond donors (Lipinski definition) is 0. The fraction of sp³-hybridized carbons (Fsp3) is 0.630. The minimum absolute atomic E-state index is 0. The standard InChI is InChI=1S/5C2H2.17CH4.22No/c5*1-2;;;;;;;;;;;;;;;;;;;;;;;;;;;;;;;;;;;;;;;/h5*1-2H;17*1H4;;;;;;;;;;;;;;;;;;;;;;. The Bertz CT molecular complexity index is 107. The third-order valence-electron chi connectivity index (χ3n) is 0. The minimum Gasteiger partial charge on any atom is -0.124 e. The molecule has 0 fully saturated rings. The molecule has 0 rings (SSSR count). The molecule has 0 aliphatic carbocycles. The van der Waals surface area contributed by atoms with Crippen LogP contribution in [0.5, 0.6) is 0 Å². The van der Waals surface area contributed by atoms with Crippen molar-refractivity contribution in [3.63, 3.8) is 0 Å². The van der Waals surface area contributed by atoms with Gasteiger partial charge in [-0.05, 0) is 0 Å². The molecule has 0 aromatic heterocycles. The van der Waals surface area contributed by atoms with Crippen LogP contribution in [-0.2, 0) is 0 Å². The smallest absolute Gasteiger partial charge is 0 e. The van der Waals surface area contributed by atoms with Crippen LogP contribution in [0.1, 0.15) is 126 Å². The van der Waals surface area contributed by atoms with E-state index in [1.54, 1.807) is 0 Å². The van der Waals surface area contributed by atoms with Gasteiger partial charge in [-0.1, -0.05) is 126 Å². The maximum atomic E-state index is 4.00. The second kappa shape index (κ2) is 21.1. The summed E-state index contributed by atoms with van der Waals surface area (Å²) in [5.41, 5.74) is 0. The van der Waals surface area contributed by atoms with Crippen molar-refractivity contribution >= 4 is 0 Å². The zero-order valence-corrected chi connectivity index (χ0v) is 60.6. The summed E-state index contributed by atoms with van der Waals surface area (Å²) in [5.74, 6) is 0. The molecule has 0 aromatic rings. The van der Waals surface area contributed by atoms with Crippen LogP contribution in [-0.4, -0.2) is 0 Å². The SMILES string of the molecule is C.C.C.C.C.C.C.C.C.C.C.C.C.C.C.C.C.C#C.C#C.C#C.C#C.C#C.[No].[No].[No].[No].[No].[No].[No].[No].[No].[No].[No].[No].[No].[No].[No].[No].[No].[No].[No].[No].[No].[No]. The molecule has 0 heterocycles. The van der Waals surface area contributed by atoms with E-state index in [1.807, 2.05) is 0 Å². The molecule has 0 atom stereocenters. The van der Waals surface area contributed by atoms with Gasteiger partial charge in [0.1, 0.15) is 0 Å². The zero-order chi connectivity index (χ0) is 10.0. The van der Waals surface area contributed by atoms with Crippen LogP contribution in [0.2, 0.25) is 0 Å². The first-order chi connectivity index (χ1) is 5.00. The first-order valence-corrected chi connectivity index (χ1v) is 1.67. The van der Waals surface area contributed by atoms with Gasteiger partial charge in [0, 0.05) is 0 Å². The fourth-order valence-electron chi connectivity index (χ4n) is 0. The predicted molar refractivity (Wildman–Crippen MR) is 164 cm³/mol. The van der Waals surface area contributed by atoms with Gasteiger partial charge in [0.25, 0.3) is 0 Å². The predicted octanol–water partition coefficient (Wildman–Crippen LogP) is 12.1. The molecule has 0 aliphatic rings. The molecule has 49 heavy (non-hydrogen) atoms. The van der Waals surface area contributed by atoms with Crippen LogP contribution < -0.4 is 0 Å². The number of terminal acetylenes is 5. The van der Waals surface area contributed by atoms with Gasteiger partial charge < -0.3 is 0 Å². The van der Waals surface area contributed by atoms with Crippen LogP contribution >= 0.6 is 0 Å². The second-order valence-corrected chi connectivity index (χ2v) is 0. The summed E-state index contributed by atoms with van der Waals surface area (Å²) in [6.45, 7) is 0. The quantitative estimate of drug-likeness (QED) is 0.212. The molecule has 0 aliphatic heterocycles. The molecule has 494 valence electrons. The summed E-state index contributed by atoms with van der Waals surface area (Å²) in [6, 6.07) is 0. The molecule has 0 aromatic carbocycles. The van der Waals surface area contributed by atoms with Crippen LogP contribution in [0.25, 0.3) is 0 Å². The van der Waals surface area contributed by atoms with Gasteiger partial charge in [-0.25, -0.2) is 0 Å². The van der Waals surface area contributed by atoms with Crippen LogP contribution in [0.4, 0.5) is 0 Å². The maximum absolute atomic E-state index is 4.00. The second-order valence-electron chi connectivity index (χ2n) is 0. The van der Waals surface area contributed by atoms with Crippen LogP contribution in [0.15, 0.2) is 0 Å². The summed E-state index contributed by atoms with van der Waals surface area (Å²) in [7, 11) is 0. The van der Waals surface area contributed by atoms with Crippen molar-refractivity contribution < 1.29 is 0 Å².